The van der Waals surface area contributed by atoms with E-state index in [0.29, 0.717) is 6.42 Å². The fraction of sp³-hybridized carbons (Fsp3) is 0.455. The van der Waals surface area contributed by atoms with Gasteiger partial charge in [-0.2, -0.15) is 0 Å². The third kappa shape index (κ3) is 4.69. The Bertz CT molecular complexity index is 1020. The number of ether oxygens (including phenoxy) is 1. The van der Waals surface area contributed by atoms with Gasteiger partial charge in [-0.15, -0.1) is 0 Å². The Kier molecular flexibility index (Phi) is 7.74. The first-order chi connectivity index (χ1) is 14.2. The summed E-state index contributed by atoms with van der Waals surface area (Å²) in [5, 5.41) is 0. The highest BCUT2D eigenvalue weighted by Gasteiger charge is 2.29. The monoisotopic (exact) mass is 415 g/mol. The van der Waals surface area contributed by atoms with E-state index in [4.69, 9.17) is 10.5 Å². The van der Waals surface area contributed by atoms with Crippen LogP contribution in [0.5, 0.6) is 0 Å². The molecule has 0 unspecified atom stereocenters. The van der Waals surface area contributed by atoms with Gasteiger partial charge in [-0.25, -0.2) is 4.79 Å². The molecule has 0 aliphatic heterocycles. The fourth-order valence-corrected chi connectivity index (χ4v) is 3.38. The molecule has 0 spiro atoms. The van der Waals surface area contributed by atoms with Crippen molar-refractivity contribution in [2.45, 2.75) is 46.1 Å². The van der Waals surface area contributed by atoms with Crippen molar-refractivity contribution in [2.75, 3.05) is 12.3 Å². The van der Waals surface area contributed by atoms with Crippen molar-refractivity contribution >= 4 is 17.6 Å². The molecule has 8 heteroatoms. The molecule has 0 aliphatic rings. The number of Topliss-reactive ketones (excluding diaryl/α,β-unsaturated/α-hetero) is 1. The maximum absolute atomic E-state index is 12.8. The van der Waals surface area contributed by atoms with Crippen LogP contribution in [0.15, 0.2) is 39.9 Å². The molecule has 0 bridgehead atoms. The molecule has 1 aromatic carbocycles. The SMILES string of the molecule is CCCn1c(N)c(C(=O)COC(=O)[C@@H](c2ccccc2)[C@@H](C)CC)c(=O)n(C)c1=O. The van der Waals surface area contributed by atoms with Crippen molar-refractivity contribution in [2.24, 2.45) is 13.0 Å². The minimum absolute atomic E-state index is 0.000555. The molecule has 2 rings (SSSR count). The zero-order valence-electron chi connectivity index (χ0n) is 17.9. The van der Waals surface area contributed by atoms with Crippen LogP contribution in [0.25, 0.3) is 0 Å². The van der Waals surface area contributed by atoms with Crippen LogP contribution in [-0.4, -0.2) is 27.5 Å². The first-order valence-electron chi connectivity index (χ1n) is 10.1. The summed E-state index contributed by atoms with van der Waals surface area (Å²) >= 11 is 0. The molecule has 0 saturated carbocycles. The van der Waals surface area contributed by atoms with Gasteiger partial charge < -0.3 is 10.5 Å². The summed E-state index contributed by atoms with van der Waals surface area (Å²) in [6.07, 6.45) is 1.34. The number of benzene rings is 1. The van der Waals surface area contributed by atoms with Crippen LogP contribution in [0.2, 0.25) is 0 Å². The Balaban J connectivity index is 2.29. The first-order valence-corrected chi connectivity index (χ1v) is 10.1. The second-order valence-electron chi connectivity index (χ2n) is 7.36. The number of nitrogens with zero attached hydrogens (tertiary/aromatic N) is 2. The Morgan fingerprint density at radius 2 is 1.77 bits per heavy atom. The van der Waals surface area contributed by atoms with Crippen LogP contribution < -0.4 is 17.0 Å². The highest BCUT2D eigenvalue weighted by Crippen LogP contribution is 2.28. The van der Waals surface area contributed by atoms with Crippen molar-refractivity contribution in [3.05, 3.63) is 62.3 Å². The van der Waals surface area contributed by atoms with Crippen molar-refractivity contribution in [3.63, 3.8) is 0 Å². The molecule has 0 fully saturated rings. The van der Waals surface area contributed by atoms with Gasteiger partial charge in [-0.3, -0.25) is 23.5 Å². The minimum Gasteiger partial charge on any atom is -0.457 e. The number of hydrogen-bond donors (Lipinski definition) is 1. The zero-order valence-corrected chi connectivity index (χ0v) is 17.9. The second kappa shape index (κ2) is 10.0. The van der Waals surface area contributed by atoms with Gasteiger partial charge in [0.2, 0.25) is 5.78 Å². The normalized spacial score (nSPS) is 12.9. The van der Waals surface area contributed by atoms with Crippen LogP contribution in [0.3, 0.4) is 0 Å². The Morgan fingerprint density at radius 1 is 1.13 bits per heavy atom. The fourth-order valence-electron chi connectivity index (χ4n) is 3.38. The molecule has 162 valence electrons. The first kappa shape index (κ1) is 23.1. The van der Waals surface area contributed by atoms with Crippen molar-refractivity contribution in [1.29, 1.82) is 0 Å². The summed E-state index contributed by atoms with van der Waals surface area (Å²) in [5.41, 5.74) is 5.04. The predicted molar refractivity (Wildman–Crippen MR) is 115 cm³/mol. The topological polar surface area (TPSA) is 113 Å². The summed E-state index contributed by atoms with van der Waals surface area (Å²) in [6, 6.07) is 9.22. The number of esters is 1. The van der Waals surface area contributed by atoms with Gasteiger partial charge in [0.05, 0.1) is 5.92 Å². The second-order valence-corrected chi connectivity index (χ2v) is 7.36. The van der Waals surface area contributed by atoms with Crippen LogP contribution >= 0.6 is 0 Å². The van der Waals surface area contributed by atoms with E-state index in [-0.39, 0.29) is 23.8 Å². The van der Waals surface area contributed by atoms with Gasteiger partial charge in [-0.05, 0) is 17.9 Å². The van der Waals surface area contributed by atoms with E-state index in [9.17, 15) is 19.2 Å². The molecule has 0 aliphatic carbocycles. The number of ketones is 1. The van der Waals surface area contributed by atoms with Crippen LogP contribution in [0.1, 0.15) is 55.5 Å². The minimum atomic E-state index is -0.799. The lowest BCUT2D eigenvalue weighted by molar-refractivity contribution is -0.145. The summed E-state index contributed by atoms with van der Waals surface area (Å²) < 4.78 is 7.32. The lowest BCUT2D eigenvalue weighted by atomic mass is 9.85. The number of aromatic nitrogens is 2. The smallest absolute Gasteiger partial charge is 0.332 e. The maximum atomic E-state index is 12.8. The molecule has 1 aromatic heterocycles. The lowest BCUT2D eigenvalue weighted by Crippen LogP contribution is -2.43. The van der Waals surface area contributed by atoms with E-state index in [1.54, 1.807) is 0 Å². The number of carbonyl (C=O) groups is 2. The zero-order chi connectivity index (χ0) is 22.4. The Morgan fingerprint density at radius 3 is 2.33 bits per heavy atom. The van der Waals surface area contributed by atoms with Crippen LogP contribution in [-0.2, 0) is 23.1 Å². The maximum Gasteiger partial charge on any atom is 0.332 e. The molecular weight excluding hydrogens is 386 g/mol. The third-order valence-electron chi connectivity index (χ3n) is 5.28. The molecule has 2 atom stereocenters. The number of carbonyl (C=O) groups excluding carboxylic acids is 2. The van der Waals surface area contributed by atoms with E-state index in [0.717, 1.165) is 16.6 Å². The lowest BCUT2D eigenvalue weighted by Gasteiger charge is -2.22. The molecule has 1 heterocycles. The van der Waals surface area contributed by atoms with E-state index < -0.39 is 35.5 Å². The number of nitrogens with two attached hydrogens (primary N) is 1. The Labute approximate surface area is 175 Å². The summed E-state index contributed by atoms with van der Waals surface area (Å²) in [4.78, 5) is 50.2. The van der Waals surface area contributed by atoms with Gasteiger partial charge in [-0.1, -0.05) is 57.5 Å². The summed E-state index contributed by atoms with van der Waals surface area (Å²) in [7, 11) is 1.29. The van der Waals surface area contributed by atoms with Crippen molar-refractivity contribution in [1.82, 2.24) is 9.13 Å². The molecule has 2 N–H and O–H groups in total. The largest absolute Gasteiger partial charge is 0.457 e. The predicted octanol–water partition coefficient (Wildman–Crippen LogP) is 2.09. The molecule has 2 aromatic rings. The van der Waals surface area contributed by atoms with Crippen molar-refractivity contribution < 1.29 is 14.3 Å². The van der Waals surface area contributed by atoms with E-state index >= 15 is 0 Å². The quantitative estimate of drug-likeness (QED) is 0.496. The van der Waals surface area contributed by atoms with E-state index in [1.165, 1.54) is 11.6 Å². The van der Waals surface area contributed by atoms with Crippen molar-refractivity contribution in [3.8, 4) is 0 Å². The van der Waals surface area contributed by atoms with Gasteiger partial charge in [0.15, 0.2) is 6.61 Å². The highest BCUT2D eigenvalue weighted by molar-refractivity contribution is 6.01. The Hall–Kier alpha value is -3.16. The third-order valence-corrected chi connectivity index (χ3v) is 5.28. The number of anilines is 1. The van der Waals surface area contributed by atoms with Gasteiger partial charge in [0, 0.05) is 13.6 Å². The summed E-state index contributed by atoms with van der Waals surface area (Å²) in [6.45, 7) is 5.40. The molecule has 0 radical (unpaired) electrons. The van der Waals surface area contributed by atoms with Crippen LogP contribution in [0, 0.1) is 5.92 Å². The van der Waals surface area contributed by atoms with E-state index in [2.05, 4.69) is 0 Å². The molecule has 30 heavy (non-hydrogen) atoms. The van der Waals surface area contributed by atoms with Gasteiger partial charge in [0.1, 0.15) is 11.4 Å². The molecule has 8 nitrogen and oxygen atoms in total. The molecular formula is C22H29N3O5. The van der Waals surface area contributed by atoms with Gasteiger partial charge in [0.25, 0.3) is 5.56 Å². The average molecular weight is 415 g/mol. The number of rotatable bonds is 9. The highest BCUT2D eigenvalue weighted by atomic mass is 16.5. The number of nitrogen functional groups attached to an aromatic ring is 1. The molecule has 0 saturated heterocycles. The average Bonchev–Trinajstić information content (AvgIpc) is 2.74. The van der Waals surface area contributed by atoms with Gasteiger partial charge >= 0.3 is 11.7 Å². The van der Waals surface area contributed by atoms with Crippen LogP contribution in [0.4, 0.5) is 5.82 Å². The molecule has 0 amide bonds. The standard InChI is InChI=1S/C22H29N3O5/c1-5-12-25-19(23)18(20(27)24(4)22(25)29)16(26)13-30-21(28)17(14(3)6-2)15-10-8-7-9-11-15/h7-11,14,17H,5-6,12-13,23H2,1-4H3/t14-,17+/m0/s1. The number of hydrogen-bond acceptors (Lipinski definition) is 6. The summed E-state index contributed by atoms with van der Waals surface area (Å²) in [5.74, 6) is -2.01. The van der Waals surface area contributed by atoms with E-state index in [1.807, 2.05) is 51.1 Å².